The van der Waals surface area contributed by atoms with Crippen LogP contribution in [-0.4, -0.2) is 55.8 Å². The zero-order chi connectivity index (χ0) is 21.1. The lowest BCUT2D eigenvalue weighted by Crippen LogP contribution is -2.45. The summed E-state index contributed by atoms with van der Waals surface area (Å²) in [6.45, 7) is 7.36. The Hall–Kier alpha value is -2.80. The maximum absolute atomic E-state index is 5.18. The summed E-state index contributed by atoms with van der Waals surface area (Å²) >= 11 is 0. The fraction of sp³-hybridized carbons (Fsp3) is 0.500. The molecule has 0 radical (unpaired) electrons. The second-order valence-corrected chi connectivity index (χ2v) is 8.82. The van der Waals surface area contributed by atoms with Crippen LogP contribution in [0.25, 0.3) is 11.4 Å². The maximum atomic E-state index is 5.18. The van der Waals surface area contributed by atoms with Crippen molar-refractivity contribution in [2.45, 2.75) is 51.0 Å². The van der Waals surface area contributed by atoms with Crippen LogP contribution in [0.4, 0.5) is 5.82 Å². The van der Waals surface area contributed by atoms with Gasteiger partial charge in [0.05, 0.1) is 12.2 Å². The fourth-order valence-electron chi connectivity index (χ4n) is 5.27. The molecule has 7 nitrogen and oxygen atoms in total. The molecule has 0 aromatic carbocycles. The highest BCUT2D eigenvalue weighted by Crippen LogP contribution is 2.46. The molecule has 1 aliphatic heterocycles. The molecule has 4 heterocycles. The smallest absolute Gasteiger partial charge is 0.163 e. The summed E-state index contributed by atoms with van der Waals surface area (Å²) in [4.78, 5) is 17.1. The zero-order valence-electron chi connectivity index (χ0n) is 18.3. The van der Waals surface area contributed by atoms with E-state index in [1.54, 1.807) is 6.20 Å². The van der Waals surface area contributed by atoms with Crippen LogP contribution < -0.4 is 5.32 Å². The number of aromatic nitrogens is 5. The van der Waals surface area contributed by atoms with Crippen molar-refractivity contribution < 1.29 is 0 Å². The van der Waals surface area contributed by atoms with Gasteiger partial charge in [-0.15, -0.1) is 0 Å². The van der Waals surface area contributed by atoms with Crippen LogP contribution in [0.2, 0.25) is 0 Å². The topological polar surface area (TPSA) is 71.8 Å². The van der Waals surface area contributed by atoms with Crippen molar-refractivity contribution in [2.24, 2.45) is 0 Å². The standard InChI is InChI=1S/C24H31N7/c1-2-13-30-14-4-8-24(18-30)9-7-20-21(24)28-22(19-6-3-10-25-17-19)29-23(20)26-12-16-31-15-5-11-27-31/h3,5-6,10-11,15,17H,2,4,7-9,12-14,16,18H2,1H3,(H,26,28,29). The van der Waals surface area contributed by atoms with Gasteiger partial charge in [-0.25, -0.2) is 9.97 Å². The van der Waals surface area contributed by atoms with Gasteiger partial charge < -0.3 is 10.2 Å². The molecular formula is C24H31N7. The lowest BCUT2D eigenvalue weighted by atomic mass is 9.77. The van der Waals surface area contributed by atoms with E-state index in [1.807, 2.05) is 41.5 Å². The maximum Gasteiger partial charge on any atom is 0.163 e. The van der Waals surface area contributed by atoms with Gasteiger partial charge in [0, 0.05) is 54.4 Å². The number of hydrogen-bond acceptors (Lipinski definition) is 6. The number of likely N-dealkylation sites (tertiary alicyclic amines) is 1. The summed E-state index contributed by atoms with van der Waals surface area (Å²) < 4.78 is 1.95. The van der Waals surface area contributed by atoms with E-state index in [9.17, 15) is 0 Å². The summed E-state index contributed by atoms with van der Waals surface area (Å²) in [6, 6.07) is 5.96. The van der Waals surface area contributed by atoms with Crippen LogP contribution in [0.5, 0.6) is 0 Å². The molecule has 1 spiro atoms. The van der Waals surface area contributed by atoms with Gasteiger partial charge in [-0.1, -0.05) is 6.92 Å². The van der Waals surface area contributed by atoms with E-state index in [1.165, 1.54) is 50.0 Å². The number of pyridine rings is 1. The minimum absolute atomic E-state index is 0.154. The Bertz CT molecular complexity index is 1000. The average molecular weight is 418 g/mol. The largest absolute Gasteiger partial charge is 0.368 e. The van der Waals surface area contributed by atoms with E-state index in [2.05, 4.69) is 27.2 Å². The Morgan fingerprint density at radius 2 is 2.10 bits per heavy atom. The Morgan fingerprint density at radius 3 is 2.90 bits per heavy atom. The molecule has 0 saturated carbocycles. The van der Waals surface area contributed by atoms with Gasteiger partial charge >= 0.3 is 0 Å². The molecule has 162 valence electrons. The molecule has 1 atom stereocenters. The second-order valence-electron chi connectivity index (χ2n) is 8.82. The summed E-state index contributed by atoms with van der Waals surface area (Å²) in [5.74, 6) is 1.77. The van der Waals surface area contributed by atoms with Gasteiger partial charge in [-0.2, -0.15) is 5.10 Å². The Morgan fingerprint density at radius 1 is 1.13 bits per heavy atom. The molecule has 5 rings (SSSR count). The third-order valence-corrected chi connectivity index (χ3v) is 6.67. The first-order valence-electron chi connectivity index (χ1n) is 11.5. The van der Waals surface area contributed by atoms with Crippen LogP contribution in [0.15, 0.2) is 43.0 Å². The SMILES string of the molecule is CCCN1CCCC2(CCc3c(NCCn4cccn4)nc(-c4cccnc4)nc32)C1. The number of nitrogens with one attached hydrogen (secondary N) is 1. The monoisotopic (exact) mass is 417 g/mol. The first kappa shape index (κ1) is 20.1. The Balaban J connectivity index is 1.49. The molecule has 0 bridgehead atoms. The predicted molar refractivity (Wildman–Crippen MR) is 122 cm³/mol. The van der Waals surface area contributed by atoms with Gasteiger partial charge in [0.25, 0.3) is 0 Å². The molecule has 7 heteroatoms. The van der Waals surface area contributed by atoms with Gasteiger partial charge in [0.2, 0.25) is 0 Å². The molecule has 3 aromatic heterocycles. The van der Waals surface area contributed by atoms with Crippen LogP contribution in [0.3, 0.4) is 0 Å². The number of hydrogen-bond donors (Lipinski definition) is 1. The zero-order valence-corrected chi connectivity index (χ0v) is 18.3. The number of fused-ring (bicyclic) bond motifs is 2. The molecule has 1 N–H and O–H groups in total. The van der Waals surface area contributed by atoms with Gasteiger partial charge in [0.15, 0.2) is 5.82 Å². The van der Waals surface area contributed by atoms with Crippen molar-refractivity contribution in [3.63, 3.8) is 0 Å². The number of nitrogens with zero attached hydrogens (tertiary/aromatic N) is 6. The molecule has 0 amide bonds. The summed E-state index contributed by atoms with van der Waals surface area (Å²) in [5.41, 5.74) is 3.71. The highest BCUT2D eigenvalue weighted by molar-refractivity contribution is 5.61. The van der Waals surface area contributed by atoms with Crippen LogP contribution >= 0.6 is 0 Å². The number of anilines is 1. The molecule has 2 aliphatic rings. The molecule has 1 saturated heterocycles. The lowest BCUT2D eigenvalue weighted by molar-refractivity contribution is 0.143. The third-order valence-electron chi connectivity index (χ3n) is 6.67. The van der Waals surface area contributed by atoms with Crippen LogP contribution in [-0.2, 0) is 18.4 Å². The van der Waals surface area contributed by atoms with Crippen LogP contribution in [0, 0.1) is 0 Å². The second kappa shape index (κ2) is 8.75. The minimum atomic E-state index is 0.154. The van der Waals surface area contributed by atoms with Crippen molar-refractivity contribution in [3.05, 3.63) is 54.2 Å². The van der Waals surface area contributed by atoms with E-state index in [-0.39, 0.29) is 5.41 Å². The number of rotatable bonds is 7. The summed E-state index contributed by atoms with van der Waals surface area (Å²) in [7, 11) is 0. The quantitative estimate of drug-likeness (QED) is 0.634. The van der Waals surface area contributed by atoms with E-state index in [4.69, 9.17) is 9.97 Å². The van der Waals surface area contributed by atoms with Crippen molar-refractivity contribution in [1.29, 1.82) is 0 Å². The lowest BCUT2D eigenvalue weighted by Gasteiger charge is -2.40. The first-order valence-corrected chi connectivity index (χ1v) is 11.5. The van der Waals surface area contributed by atoms with Gasteiger partial charge in [-0.05, 0) is 63.4 Å². The first-order chi connectivity index (χ1) is 15.3. The van der Waals surface area contributed by atoms with Gasteiger partial charge in [0.1, 0.15) is 5.82 Å². The van der Waals surface area contributed by atoms with E-state index >= 15 is 0 Å². The van der Waals surface area contributed by atoms with Gasteiger partial charge in [-0.3, -0.25) is 9.67 Å². The van der Waals surface area contributed by atoms with E-state index in [0.717, 1.165) is 43.3 Å². The van der Waals surface area contributed by atoms with Crippen molar-refractivity contribution in [2.75, 3.05) is 31.5 Å². The van der Waals surface area contributed by atoms with E-state index in [0.29, 0.717) is 0 Å². The van der Waals surface area contributed by atoms with Crippen molar-refractivity contribution >= 4 is 5.82 Å². The Kier molecular flexibility index (Phi) is 5.68. The van der Waals surface area contributed by atoms with Crippen molar-refractivity contribution in [3.8, 4) is 11.4 Å². The minimum Gasteiger partial charge on any atom is -0.368 e. The summed E-state index contributed by atoms with van der Waals surface area (Å²) in [5, 5.41) is 7.92. The molecule has 3 aromatic rings. The van der Waals surface area contributed by atoms with E-state index < -0.39 is 0 Å². The summed E-state index contributed by atoms with van der Waals surface area (Å²) in [6.07, 6.45) is 13.4. The third kappa shape index (κ3) is 4.06. The highest BCUT2D eigenvalue weighted by Gasteiger charge is 2.44. The molecule has 31 heavy (non-hydrogen) atoms. The average Bonchev–Trinajstić information content (AvgIpc) is 3.44. The van der Waals surface area contributed by atoms with Crippen molar-refractivity contribution in [1.82, 2.24) is 29.6 Å². The highest BCUT2D eigenvalue weighted by atomic mass is 15.3. The Labute approximate surface area is 183 Å². The number of piperidine rings is 1. The molecular weight excluding hydrogens is 386 g/mol. The normalized spacial score (nSPS) is 20.8. The molecule has 1 aliphatic carbocycles. The predicted octanol–water partition coefficient (Wildman–Crippen LogP) is 3.54. The molecule has 1 fully saturated rings. The fourth-order valence-corrected chi connectivity index (χ4v) is 5.27. The van der Waals surface area contributed by atoms with Crippen LogP contribution in [0.1, 0.15) is 43.9 Å². The molecule has 1 unspecified atom stereocenters.